The van der Waals surface area contributed by atoms with Crippen molar-refractivity contribution in [3.8, 4) is 0 Å². The Morgan fingerprint density at radius 1 is 1.15 bits per heavy atom. The van der Waals surface area contributed by atoms with E-state index in [4.69, 9.17) is 28.9 Å². The highest BCUT2D eigenvalue weighted by Crippen LogP contribution is 2.32. The summed E-state index contributed by atoms with van der Waals surface area (Å²) in [5, 5.41) is 1.28. The molecular formula is C16H18Cl2N2. The molecule has 0 spiro atoms. The molecule has 2 nitrogen and oxygen atoms in total. The molecule has 2 N–H and O–H groups in total. The molecule has 0 heterocycles. The summed E-state index contributed by atoms with van der Waals surface area (Å²) in [6.45, 7) is 2.56. The lowest BCUT2D eigenvalue weighted by Gasteiger charge is -2.31. The molecule has 0 aromatic heterocycles. The minimum atomic E-state index is 0.0147. The lowest BCUT2D eigenvalue weighted by molar-refractivity contribution is 0.679. The molecular weight excluding hydrogens is 291 g/mol. The van der Waals surface area contributed by atoms with Crippen molar-refractivity contribution >= 4 is 28.9 Å². The first-order valence-corrected chi connectivity index (χ1v) is 7.23. The molecule has 4 heteroatoms. The fourth-order valence-corrected chi connectivity index (χ4v) is 2.93. The van der Waals surface area contributed by atoms with Gasteiger partial charge in [-0.05, 0) is 36.2 Å². The molecule has 0 saturated carbocycles. The SMILES string of the molecule is Cc1ccccc1N(C)C(CN)c1ccc(Cl)cc1Cl. The number of hydrogen-bond donors (Lipinski definition) is 1. The summed E-state index contributed by atoms with van der Waals surface area (Å²) < 4.78 is 0. The van der Waals surface area contributed by atoms with Gasteiger partial charge in [0.25, 0.3) is 0 Å². The summed E-state index contributed by atoms with van der Waals surface area (Å²) in [6, 6.07) is 13.8. The maximum atomic E-state index is 6.31. The van der Waals surface area contributed by atoms with E-state index >= 15 is 0 Å². The van der Waals surface area contributed by atoms with Crippen molar-refractivity contribution < 1.29 is 0 Å². The highest BCUT2D eigenvalue weighted by molar-refractivity contribution is 6.35. The van der Waals surface area contributed by atoms with Crippen LogP contribution in [0, 0.1) is 6.92 Å². The van der Waals surface area contributed by atoms with Crippen molar-refractivity contribution in [3.63, 3.8) is 0 Å². The molecule has 106 valence electrons. The van der Waals surface area contributed by atoms with Crippen molar-refractivity contribution in [1.82, 2.24) is 0 Å². The number of halogens is 2. The number of nitrogens with zero attached hydrogens (tertiary/aromatic N) is 1. The second kappa shape index (κ2) is 6.49. The van der Waals surface area contributed by atoms with Gasteiger partial charge in [-0.15, -0.1) is 0 Å². The smallest absolute Gasteiger partial charge is 0.0676 e. The average molecular weight is 309 g/mol. The van der Waals surface area contributed by atoms with Crippen LogP contribution in [0.5, 0.6) is 0 Å². The van der Waals surface area contributed by atoms with E-state index in [2.05, 4.69) is 24.0 Å². The number of benzene rings is 2. The number of para-hydroxylation sites is 1. The molecule has 0 fully saturated rings. The highest BCUT2D eigenvalue weighted by Gasteiger charge is 2.19. The molecule has 20 heavy (non-hydrogen) atoms. The Labute approximate surface area is 130 Å². The van der Waals surface area contributed by atoms with Gasteiger partial charge in [-0.3, -0.25) is 0 Å². The van der Waals surface area contributed by atoms with Gasteiger partial charge in [0.05, 0.1) is 6.04 Å². The molecule has 0 aliphatic heterocycles. The maximum absolute atomic E-state index is 6.31. The Morgan fingerprint density at radius 2 is 1.85 bits per heavy atom. The molecule has 0 amide bonds. The molecule has 0 bridgehead atoms. The maximum Gasteiger partial charge on any atom is 0.0676 e. The Morgan fingerprint density at radius 3 is 2.45 bits per heavy atom. The lowest BCUT2D eigenvalue weighted by Crippen LogP contribution is -2.31. The van der Waals surface area contributed by atoms with E-state index in [9.17, 15) is 0 Å². The van der Waals surface area contributed by atoms with E-state index in [1.54, 1.807) is 6.07 Å². The van der Waals surface area contributed by atoms with Crippen molar-refractivity contribution in [2.45, 2.75) is 13.0 Å². The van der Waals surface area contributed by atoms with Gasteiger partial charge in [0.1, 0.15) is 0 Å². The zero-order valence-electron chi connectivity index (χ0n) is 11.6. The van der Waals surface area contributed by atoms with Gasteiger partial charge >= 0.3 is 0 Å². The second-order valence-electron chi connectivity index (χ2n) is 4.81. The molecule has 0 aliphatic carbocycles. The topological polar surface area (TPSA) is 29.3 Å². The Balaban J connectivity index is 2.39. The fraction of sp³-hybridized carbons (Fsp3) is 0.250. The normalized spacial score (nSPS) is 12.2. The zero-order chi connectivity index (χ0) is 14.7. The molecule has 1 unspecified atom stereocenters. The fourth-order valence-electron chi connectivity index (χ4n) is 2.39. The minimum Gasteiger partial charge on any atom is -0.366 e. The molecule has 2 aromatic carbocycles. The summed E-state index contributed by atoms with van der Waals surface area (Å²) >= 11 is 12.3. The molecule has 2 rings (SSSR count). The highest BCUT2D eigenvalue weighted by atomic mass is 35.5. The van der Waals surface area contributed by atoms with Crippen LogP contribution < -0.4 is 10.6 Å². The minimum absolute atomic E-state index is 0.0147. The summed E-state index contributed by atoms with van der Waals surface area (Å²) in [5.41, 5.74) is 9.31. The summed E-state index contributed by atoms with van der Waals surface area (Å²) in [4.78, 5) is 2.16. The Bertz CT molecular complexity index is 599. The van der Waals surface area contributed by atoms with Crippen LogP contribution in [-0.4, -0.2) is 13.6 Å². The number of likely N-dealkylation sites (N-methyl/N-ethyl adjacent to an activating group) is 1. The van der Waals surface area contributed by atoms with Gasteiger partial charge in [-0.25, -0.2) is 0 Å². The molecule has 0 radical (unpaired) electrons. The first kappa shape index (κ1) is 15.2. The molecule has 2 aromatic rings. The largest absolute Gasteiger partial charge is 0.366 e. The van der Waals surface area contributed by atoms with Crippen LogP contribution in [-0.2, 0) is 0 Å². The molecule has 0 saturated heterocycles. The van der Waals surface area contributed by atoms with Crippen LogP contribution in [0.3, 0.4) is 0 Å². The van der Waals surface area contributed by atoms with E-state index in [1.165, 1.54) is 5.56 Å². The lowest BCUT2D eigenvalue weighted by atomic mass is 10.0. The van der Waals surface area contributed by atoms with Crippen molar-refractivity contribution in [2.75, 3.05) is 18.5 Å². The van der Waals surface area contributed by atoms with Crippen molar-refractivity contribution in [2.24, 2.45) is 5.73 Å². The van der Waals surface area contributed by atoms with E-state index < -0.39 is 0 Å². The van der Waals surface area contributed by atoms with Gasteiger partial charge in [-0.2, -0.15) is 0 Å². The van der Waals surface area contributed by atoms with Crippen molar-refractivity contribution in [3.05, 3.63) is 63.6 Å². The summed E-state index contributed by atoms with van der Waals surface area (Å²) in [5.74, 6) is 0. The Kier molecular flexibility index (Phi) is 4.92. The van der Waals surface area contributed by atoms with Gasteiger partial charge in [-0.1, -0.05) is 47.5 Å². The van der Waals surface area contributed by atoms with Gasteiger partial charge in [0.2, 0.25) is 0 Å². The predicted octanol–water partition coefficient (Wildman–Crippen LogP) is 4.44. The van der Waals surface area contributed by atoms with E-state index in [-0.39, 0.29) is 6.04 Å². The van der Waals surface area contributed by atoms with Gasteiger partial charge < -0.3 is 10.6 Å². The summed E-state index contributed by atoms with van der Waals surface area (Å²) in [6.07, 6.45) is 0. The first-order chi connectivity index (χ1) is 9.54. The summed E-state index contributed by atoms with van der Waals surface area (Å²) in [7, 11) is 2.03. The van der Waals surface area contributed by atoms with Gasteiger partial charge in [0.15, 0.2) is 0 Å². The second-order valence-corrected chi connectivity index (χ2v) is 5.66. The monoisotopic (exact) mass is 308 g/mol. The quantitative estimate of drug-likeness (QED) is 0.905. The third kappa shape index (κ3) is 3.09. The van der Waals surface area contributed by atoms with Gasteiger partial charge in [0, 0.05) is 29.3 Å². The average Bonchev–Trinajstić information content (AvgIpc) is 2.42. The third-order valence-electron chi connectivity index (χ3n) is 3.51. The van der Waals surface area contributed by atoms with Crippen LogP contribution in [0.15, 0.2) is 42.5 Å². The standard InChI is InChI=1S/C16H18Cl2N2/c1-11-5-3-4-6-15(11)20(2)16(10-19)13-8-7-12(17)9-14(13)18/h3-9,16H,10,19H2,1-2H3. The van der Waals surface area contributed by atoms with Crippen LogP contribution in [0.25, 0.3) is 0 Å². The molecule has 1 atom stereocenters. The van der Waals surface area contributed by atoms with Crippen LogP contribution in [0.4, 0.5) is 5.69 Å². The first-order valence-electron chi connectivity index (χ1n) is 6.48. The number of anilines is 1. The predicted molar refractivity (Wildman–Crippen MR) is 87.8 cm³/mol. The number of aryl methyl sites for hydroxylation is 1. The van der Waals surface area contributed by atoms with E-state index in [1.807, 2.05) is 31.3 Å². The third-order valence-corrected chi connectivity index (χ3v) is 4.07. The molecule has 0 aliphatic rings. The van der Waals surface area contributed by atoms with Crippen LogP contribution in [0.1, 0.15) is 17.2 Å². The van der Waals surface area contributed by atoms with E-state index in [0.717, 1.165) is 11.3 Å². The number of rotatable bonds is 4. The van der Waals surface area contributed by atoms with Crippen LogP contribution in [0.2, 0.25) is 10.0 Å². The Hall–Kier alpha value is -1.22. The number of hydrogen-bond acceptors (Lipinski definition) is 2. The van der Waals surface area contributed by atoms with E-state index in [0.29, 0.717) is 16.6 Å². The number of nitrogens with two attached hydrogens (primary N) is 1. The van der Waals surface area contributed by atoms with Crippen molar-refractivity contribution in [1.29, 1.82) is 0 Å². The van der Waals surface area contributed by atoms with Crippen LogP contribution >= 0.6 is 23.2 Å². The zero-order valence-corrected chi connectivity index (χ0v) is 13.1.